The van der Waals surface area contributed by atoms with Crippen LogP contribution in [0, 0.1) is 11.6 Å². The maximum atomic E-state index is 14.4. The summed E-state index contributed by atoms with van der Waals surface area (Å²) in [6, 6.07) is 11.4. The number of pyridine rings is 1. The molecule has 1 aliphatic heterocycles. The van der Waals surface area contributed by atoms with Crippen LogP contribution in [-0.2, 0) is 4.79 Å². The normalized spacial score (nSPS) is 13.9. The number of carbonyl (C=O) groups is 2. The summed E-state index contributed by atoms with van der Waals surface area (Å²) in [7, 11) is 0. The standard InChI is InChI=1S/C25H20ClF2N3O3/c26-21-15-18(27)5-6-20(21)25(33)31-12-10-30(11-13-31)24(32)8-4-17-3-7-23(22(28)14-17)34-19-2-1-9-29-16-19/h1-9,14-16H,10-13H2/b8-4+. The molecule has 1 saturated heterocycles. The van der Waals surface area contributed by atoms with E-state index >= 15 is 0 Å². The molecular weight excluding hydrogens is 464 g/mol. The van der Waals surface area contributed by atoms with Crippen molar-refractivity contribution in [1.82, 2.24) is 14.8 Å². The van der Waals surface area contributed by atoms with Crippen LogP contribution < -0.4 is 4.74 Å². The zero-order valence-corrected chi connectivity index (χ0v) is 18.7. The second kappa shape index (κ2) is 10.4. The second-order valence-corrected chi connectivity index (χ2v) is 7.96. The first-order valence-electron chi connectivity index (χ1n) is 10.5. The van der Waals surface area contributed by atoms with Gasteiger partial charge in [0.2, 0.25) is 5.91 Å². The van der Waals surface area contributed by atoms with Gasteiger partial charge in [-0.3, -0.25) is 14.6 Å². The van der Waals surface area contributed by atoms with Crippen LogP contribution in [-0.4, -0.2) is 52.8 Å². The monoisotopic (exact) mass is 483 g/mol. The van der Waals surface area contributed by atoms with E-state index < -0.39 is 11.6 Å². The lowest BCUT2D eigenvalue weighted by atomic mass is 10.1. The summed E-state index contributed by atoms with van der Waals surface area (Å²) in [5.41, 5.74) is 0.727. The molecule has 0 saturated carbocycles. The molecule has 1 aliphatic rings. The van der Waals surface area contributed by atoms with Crippen molar-refractivity contribution in [1.29, 1.82) is 0 Å². The lowest BCUT2D eigenvalue weighted by Gasteiger charge is -2.34. The summed E-state index contributed by atoms with van der Waals surface area (Å²) in [6.45, 7) is 1.31. The smallest absolute Gasteiger partial charge is 0.255 e. The summed E-state index contributed by atoms with van der Waals surface area (Å²) in [6.07, 6.45) is 5.96. The Labute approximate surface area is 200 Å². The topological polar surface area (TPSA) is 62.7 Å². The fourth-order valence-electron chi connectivity index (χ4n) is 3.47. The van der Waals surface area contributed by atoms with Crippen molar-refractivity contribution >= 4 is 29.5 Å². The van der Waals surface area contributed by atoms with E-state index in [9.17, 15) is 18.4 Å². The van der Waals surface area contributed by atoms with Gasteiger partial charge in [-0.05, 0) is 54.1 Å². The molecule has 1 aromatic heterocycles. The fraction of sp³-hybridized carbons (Fsp3) is 0.160. The number of amides is 2. The number of benzene rings is 2. The van der Waals surface area contributed by atoms with Crippen molar-refractivity contribution in [3.63, 3.8) is 0 Å². The third kappa shape index (κ3) is 5.58. The van der Waals surface area contributed by atoms with Gasteiger partial charge in [0.1, 0.15) is 11.6 Å². The fourth-order valence-corrected chi connectivity index (χ4v) is 3.72. The van der Waals surface area contributed by atoms with E-state index in [4.69, 9.17) is 16.3 Å². The number of carbonyl (C=O) groups excluding carboxylic acids is 2. The highest BCUT2D eigenvalue weighted by Crippen LogP contribution is 2.25. The van der Waals surface area contributed by atoms with Gasteiger partial charge in [-0.15, -0.1) is 0 Å². The molecule has 9 heteroatoms. The predicted molar refractivity (Wildman–Crippen MR) is 124 cm³/mol. The zero-order valence-electron chi connectivity index (χ0n) is 18.0. The van der Waals surface area contributed by atoms with Gasteiger partial charge in [0.15, 0.2) is 11.6 Å². The molecule has 0 unspecified atom stereocenters. The average Bonchev–Trinajstić information content (AvgIpc) is 2.84. The number of hydrogen-bond donors (Lipinski definition) is 0. The molecule has 2 aromatic carbocycles. The quantitative estimate of drug-likeness (QED) is 0.489. The van der Waals surface area contributed by atoms with E-state index in [-0.39, 0.29) is 28.1 Å². The molecule has 0 bridgehead atoms. The van der Waals surface area contributed by atoms with Crippen molar-refractivity contribution in [3.05, 3.63) is 94.8 Å². The zero-order chi connectivity index (χ0) is 24.1. The number of nitrogens with zero attached hydrogens (tertiary/aromatic N) is 3. The van der Waals surface area contributed by atoms with Gasteiger partial charge < -0.3 is 14.5 Å². The molecule has 0 N–H and O–H groups in total. The first-order chi connectivity index (χ1) is 16.4. The summed E-state index contributed by atoms with van der Waals surface area (Å²) in [4.78, 5) is 32.3. The minimum Gasteiger partial charge on any atom is -0.453 e. The van der Waals surface area contributed by atoms with Crippen LogP contribution in [0.5, 0.6) is 11.5 Å². The van der Waals surface area contributed by atoms with E-state index in [1.807, 2.05) is 0 Å². The van der Waals surface area contributed by atoms with E-state index in [0.29, 0.717) is 37.5 Å². The third-order valence-electron chi connectivity index (χ3n) is 5.28. The first kappa shape index (κ1) is 23.4. The van der Waals surface area contributed by atoms with Crippen LogP contribution in [0.1, 0.15) is 15.9 Å². The van der Waals surface area contributed by atoms with E-state index in [2.05, 4.69) is 4.98 Å². The van der Waals surface area contributed by atoms with Crippen LogP contribution in [0.15, 0.2) is 67.0 Å². The number of halogens is 3. The summed E-state index contributed by atoms with van der Waals surface area (Å²) >= 11 is 5.99. The molecule has 4 rings (SSSR count). The molecule has 6 nitrogen and oxygen atoms in total. The highest BCUT2D eigenvalue weighted by molar-refractivity contribution is 6.33. The van der Waals surface area contributed by atoms with Crippen molar-refractivity contribution in [2.75, 3.05) is 26.2 Å². The molecule has 0 radical (unpaired) electrons. The van der Waals surface area contributed by atoms with Gasteiger partial charge >= 0.3 is 0 Å². The lowest BCUT2D eigenvalue weighted by molar-refractivity contribution is -0.127. The van der Waals surface area contributed by atoms with E-state index in [0.717, 1.165) is 6.07 Å². The SMILES string of the molecule is O=C(/C=C/c1ccc(Oc2cccnc2)c(F)c1)N1CCN(C(=O)c2ccc(F)cc2Cl)CC1. The van der Waals surface area contributed by atoms with Crippen molar-refractivity contribution < 1.29 is 23.1 Å². The Balaban J connectivity index is 1.32. The number of hydrogen-bond acceptors (Lipinski definition) is 4. The van der Waals surface area contributed by atoms with Crippen molar-refractivity contribution in [2.24, 2.45) is 0 Å². The lowest BCUT2D eigenvalue weighted by Crippen LogP contribution is -2.50. The van der Waals surface area contributed by atoms with Crippen molar-refractivity contribution in [3.8, 4) is 11.5 Å². The molecule has 0 aliphatic carbocycles. The van der Waals surface area contributed by atoms with Crippen LogP contribution in [0.4, 0.5) is 8.78 Å². The van der Waals surface area contributed by atoms with Crippen molar-refractivity contribution in [2.45, 2.75) is 0 Å². The molecule has 174 valence electrons. The van der Waals surface area contributed by atoms with Gasteiger partial charge in [-0.1, -0.05) is 17.7 Å². The predicted octanol–water partition coefficient (Wildman–Crippen LogP) is 4.80. The highest BCUT2D eigenvalue weighted by atomic mass is 35.5. The molecular formula is C25H20ClF2N3O3. The maximum Gasteiger partial charge on any atom is 0.255 e. The Bertz CT molecular complexity index is 1230. The Morgan fingerprint density at radius 1 is 1.00 bits per heavy atom. The molecule has 0 spiro atoms. The number of ether oxygens (including phenoxy) is 1. The minimum absolute atomic E-state index is 0.0514. The highest BCUT2D eigenvalue weighted by Gasteiger charge is 2.25. The van der Waals surface area contributed by atoms with Gasteiger partial charge in [0.05, 0.1) is 16.8 Å². The number of aromatic nitrogens is 1. The third-order valence-corrected chi connectivity index (χ3v) is 5.59. The van der Waals surface area contributed by atoms with E-state index in [1.54, 1.807) is 34.2 Å². The molecule has 2 heterocycles. The van der Waals surface area contributed by atoms with Gasteiger partial charge in [0.25, 0.3) is 5.91 Å². The Morgan fingerprint density at radius 2 is 1.76 bits per heavy atom. The maximum absolute atomic E-state index is 14.4. The second-order valence-electron chi connectivity index (χ2n) is 7.56. The minimum atomic E-state index is -0.565. The van der Waals surface area contributed by atoms with Crippen LogP contribution >= 0.6 is 11.6 Å². The van der Waals surface area contributed by atoms with Crippen LogP contribution in [0.3, 0.4) is 0 Å². The summed E-state index contributed by atoms with van der Waals surface area (Å²) in [5.74, 6) is -1.17. The largest absolute Gasteiger partial charge is 0.453 e. The molecule has 34 heavy (non-hydrogen) atoms. The van der Waals surface area contributed by atoms with Crippen LogP contribution in [0.2, 0.25) is 5.02 Å². The average molecular weight is 484 g/mol. The Kier molecular flexibility index (Phi) is 7.18. The van der Waals surface area contributed by atoms with Gasteiger partial charge in [0, 0.05) is 38.5 Å². The molecule has 2 amide bonds. The van der Waals surface area contributed by atoms with E-state index in [1.165, 1.54) is 42.6 Å². The summed E-state index contributed by atoms with van der Waals surface area (Å²) in [5, 5.41) is 0.0514. The molecule has 3 aromatic rings. The van der Waals surface area contributed by atoms with Gasteiger partial charge in [-0.25, -0.2) is 8.78 Å². The van der Waals surface area contributed by atoms with Gasteiger partial charge in [-0.2, -0.15) is 0 Å². The number of rotatable bonds is 5. The Hall–Kier alpha value is -3.78. The van der Waals surface area contributed by atoms with Crippen LogP contribution in [0.25, 0.3) is 6.08 Å². The first-order valence-corrected chi connectivity index (χ1v) is 10.9. The molecule has 0 atom stereocenters. The number of piperazine rings is 1. The Morgan fingerprint density at radius 3 is 2.44 bits per heavy atom. The summed E-state index contributed by atoms with van der Waals surface area (Å²) < 4.78 is 33.1. The molecule has 1 fully saturated rings.